The number of anilines is 1. The van der Waals surface area contributed by atoms with E-state index in [1.807, 2.05) is 37.3 Å². The molecule has 0 bridgehead atoms. The molecule has 3 rings (SSSR count). The highest BCUT2D eigenvalue weighted by atomic mass is 16.5. The van der Waals surface area contributed by atoms with Gasteiger partial charge in [-0.15, -0.1) is 0 Å². The molecule has 0 aliphatic carbocycles. The van der Waals surface area contributed by atoms with Crippen LogP contribution < -0.4 is 9.64 Å². The molecule has 24 heavy (non-hydrogen) atoms. The van der Waals surface area contributed by atoms with Crippen molar-refractivity contribution >= 4 is 11.8 Å². The number of rotatable bonds is 2. The van der Waals surface area contributed by atoms with Crippen molar-refractivity contribution in [1.29, 1.82) is 5.26 Å². The fourth-order valence-corrected chi connectivity index (χ4v) is 2.99. The number of fused-ring (bicyclic) bond motifs is 1. The van der Waals surface area contributed by atoms with E-state index in [0.29, 0.717) is 17.1 Å². The predicted octanol–water partition coefficient (Wildman–Crippen LogP) is 4.26. The summed E-state index contributed by atoms with van der Waals surface area (Å²) < 4.78 is 10.9. The number of amides is 1. The molecule has 0 spiro atoms. The van der Waals surface area contributed by atoms with E-state index >= 15 is 0 Å². The Morgan fingerprint density at radius 2 is 2.00 bits per heavy atom. The summed E-state index contributed by atoms with van der Waals surface area (Å²) in [5.74, 6) is 1.17. The summed E-state index contributed by atoms with van der Waals surface area (Å²) in [5.41, 5.74) is 2.06. The Morgan fingerprint density at radius 3 is 2.67 bits per heavy atom. The number of carbonyl (C=O) groups is 1. The molecular weight excluding hydrogens is 304 g/mol. The Balaban J connectivity index is 2.10. The van der Waals surface area contributed by atoms with Gasteiger partial charge in [0.1, 0.15) is 17.6 Å². The molecule has 1 heterocycles. The Hall–Kier alpha value is -3.00. The molecule has 0 radical (unpaired) electrons. The molecular formula is C19H18N2O3. The second kappa shape index (κ2) is 6.63. The third-order valence-corrected chi connectivity index (χ3v) is 4.20. The summed E-state index contributed by atoms with van der Waals surface area (Å²) in [7, 11) is 1.37. The summed E-state index contributed by atoms with van der Waals surface area (Å²) in [6.07, 6.45) is 1.11. The van der Waals surface area contributed by atoms with Crippen LogP contribution in [0.5, 0.6) is 11.5 Å². The average molecular weight is 322 g/mol. The van der Waals surface area contributed by atoms with Crippen molar-refractivity contribution in [1.82, 2.24) is 0 Å². The highest BCUT2D eigenvalue weighted by Crippen LogP contribution is 2.40. The number of para-hydroxylation sites is 1. The van der Waals surface area contributed by atoms with Crippen LogP contribution in [0.1, 0.15) is 24.5 Å². The topological polar surface area (TPSA) is 62.6 Å². The van der Waals surface area contributed by atoms with Crippen LogP contribution in [0.3, 0.4) is 0 Å². The van der Waals surface area contributed by atoms with Gasteiger partial charge in [-0.25, -0.2) is 4.79 Å². The van der Waals surface area contributed by atoms with Gasteiger partial charge < -0.3 is 9.47 Å². The molecule has 0 fully saturated rings. The molecule has 1 aliphatic rings. The minimum absolute atomic E-state index is 0.0301. The van der Waals surface area contributed by atoms with Gasteiger partial charge in [-0.3, -0.25) is 4.90 Å². The molecule has 5 heteroatoms. The Kier molecular flexibility index (Phi) is 4.39. The Labute approximate surface area is 141 Å². The maximum absolute atomic E-state index is 12.2. The van der Waals surface area contributed by atoms with Gasteiger partial charge in [0, 0.05) is 11.6 Å². The third kappa shape index (κ3) is 2.79. The minimum Gasteiger partial charge on any atom is -0.456 e. The van der Waals surface area contributed by atoms with E-state index in [1.54, 1.807) is 17.0 Å². The SMILES string of the molecule is COC(=O)N1c2ccc(C#N)c(Oc3ccccc3)c2CCC1C. The number of nitrogens with zero attached hydrogens (tertiary/aromatic N) is 2. The summed E-state index contributed by atoms with van der Waals surface area (Å²) in [6, 6.07) is 15.0. The lowest BCUT2D eigenvalue weighted by molar-refractivity contribution is 0.175. The van der Waals surface area contributed by atoms with Crippen molar-refractivity contribution in [2.24, 2.45) is 0 Å². The second-order valence-electron chi connectivity index (χ2n) is 5.69. The lowest BCUT2D eigenvalue weighted by Crippen LogP contribution is -2.42. The first-order valence-corrected chi connectivity index (χ1v) is 7.81. The quantitative estimate of drug-likeness (QED) is 0.829. The Morgan fingerprint density at radius 1 is 1.25 bits per heavy atom. The van der Waals surface area contributed by atoms with Gasteiger partial charge in [0.15, 0.2) is 0 Å². The third-order valence-electron chi connectivity index (χ3n) is 4.20. The summed E-state index contributed by atoms with van der Waals surface area (Å²) in [5, 5.41) is 9.44. The summed E-state index contributed by atoms with van der Waals surface area (Å²) >= 11 is 0. The molecule has 5 nitrogen and oxygen atoms in total. The van der Waals surface area contributed by atoms with E-state index < -0.39 is 6.09 Å². The zero-order valence-electron chi connectivity index (χ0n) is 13.7. The van der Waals surface area contributed by atoms with E-state index in [4.69, 9.17) is 9.47 Å². The fraction of sp³-hybridized carbons (Fsp3) is 0.263. The molecule has 2 aromatic carbocycles. The first-order valence-electron chi connectivity index (χ1n) is 7.81. The molecule has 0 saturated carbocycles. The predicted molar refractivity (Wildman–Crippen MR) is 90.3 cm³/mol. The van der Waals surface area contributed by atoms with Crippen molar-refractivity contribution in [2.45, 2.75) is 25.8 Å². The van der Waals surface area contributed by atoms with Gasteiger partial charge in [-0.1, -0.05) is 18.2 Å². The van der Waals surface area contributed by atoms with E-state index in [2.05, 4.69) is 6.07 Å². The highest BCUT2D eigenvalue weighted by Gasteiger charge is 2.32. The van der Waals surface area contributed by atoms with Crippen molar-refractivity contribution in [3.63, 3.8) is 0 Å². The van der Waals surface area contributed by atoms with Crippen LogP contribution in [0.15, 0.2) is 42.5 Å². The van der Waals surface area contributed by atoms with Crippen LogP contribution in [-0.2, 0) is 11.2 Å². The van der Waals surface area contributed by atoms with Crippen LogP contribution in [0.2, 0.25) is 0 Å². The number of methoxy groups -OCH3 is 1. The average Bonchev–Trinajstić information content (AvgIpc) is 2.62. The first-order chi connectivity index (χ1) is 11.7. The molecule has 0 saturated heterocycles. The number of hydrogen-bond donors (Lipinski definition) is 0. The number of ether oxygens (including phenoxy) is 2. The highest BCUT2D eigenvalue weighted by molar-refractivity contribution is 5.91. The summed E-state index contributed by atoms with van der Waals surface area (Å²) in [6.45, 7) is 1.98. The van der Waals surface area contributed by atoms with Gasteiger partial charge in [-0.05, 0) is 44.0 Å². The number of nitriles is 1. The van der Waals surface area contributed by atoms with Gasteiger partial charge in [-0.2, -0.15) is 5.26 Å². The zero-order valence-corrected chi connectivity index (χ0v) is 13.7. The van der Waals surface area contributed by atoms with Crippen molar-refractivity contribution in [3.8, 4) is 17.6 Å². The van der Waals surface area contributed by atoms with Crippen molar-refractivity contribution in [2.75, 3.05) is 12.0 Å². The number of benzene rings is 2. The standard InChI is InChI=1S/C19H18N2O3/c1-13-8-10-16-17(21(13)19(22)23-2)11-9-14(12-20)18(16)24-15-6-4-3-5-7-15/h3-7,9,11,13H,8,10H2,1-2H3. The Bertz CT molecular complexity index is 796. The largest absolute Gasteiger partial charge is 0.456 e. The molecule has 122 valence electrons. The van der Waals surface area contributed by atoms with Gasteiger partial charge in [0.2, 0.25) is 0 Å². The number of hydrogen-bond acceptors (Lipinski definition) is 4. The van der Waals surface area contributed by atoms with Gasteiger partial charge >= 0.3 is 6.09 Å². The molecule has 1 amide bonds. The van der Waals surface area contributed by atoms with E-state index in [9.17, 15) is 10.1 Å². The van der Waals surface area contributed by atoms with E-state index in [0.717, 1.165) is 24.1 Å². The van der Waals surface area contributed by atoms with E-state index in [1.165, 1.54) is 7.11 Å². The molecule has 1 atom stereocenters. The number of carbonyl (C=O) groups excluding carboxylic acids is 1. The minimum atomic E-state index is -0.404. The van der Waals surface area contributed by atoms with Crippen LogP contribution in [0, 0.1) is 11.3 Å². The lowest BCUT2D eigenvalue weighted by atomic mass is 9.94. The second-order valence-corrected chi connectivity index (χ2v) is 5.69. The fourth-order valence-electron chi connectivity index (χ4n) is 2.99. The smallest absolute Gasteiger partial charge is 0.414 e. The monoisotopic (exact) mass is 322 g/mol. The first kappa shape index (κ1) is 15.9. The molecule has 1 unspecified atom stereocenters. The molecule has 0 N–H and O–H groups in total. The summed E-state index contributed by atoms with van der Waals surface area (Å²) in [4.78, 5) is 13.8. The van der Waals surface area contributed by atoms with Crippen molar-refractivity contribution in [3.05, 3.63) is 53.6 Å². The van der Waals surface area contributed by atoms with Gasteiger partial charge in [0.25, 0.3) is 0 Å². The zero-order chi connectivity index (χ0) is 17.1. The van der Waals surface area contributed by atoms with Crippen molar-refractivity contribution < 1.29 is 14.3 Å². The van der Waals surface area contributed by atoms with Crippen LogP contribution in [-0.4, -0.2) is 19.2 Å². The van der Waals surface area contributed by atoms with Crippen LogP contribution in [0.4, 0.5) is 10.5 Å². The molecule has 2 aromatic rings. The molecule has 0 aromatic heterocycles. The maximum Gasteiger partial charge on any atom is 0.414 e. The molecule has 1 aliphatic heterocycles. The van der Waals surface area contributed by atoms with Gasteiger partial charge in [0.05, 0.1) is 18.4 Å². The normalized spacial score (nSPS) is 16.0. The maximum atomic E-state index is 12.2. The van der Waals surface area contributed by atoms with E-state index in [-0.39, 0.29) is 6.04 Å². The van der Waals surface area contributed by atoms with Crippen LogP contribution >= 0.6 is 0 Å². The van der Waals surface area contributed by atoms with Crippen LogP contribution in [0.25, 0.3) is 0 Å². The lowest BCUT2D eigenvalue weighted by Gasteiger charge is -2.35.